The molecule has 2 unspecified atom stereocenters. The van der Waals surface area contributed by atoms with Gasteiger partial charge >= 0.3 is 0 Å². The topological polar surface area (TPSA) is 37.8 Å². The molecular formula is C14H22BrN3. The summed E-state index contributed by atoms with van der Waals surface area (Å²) in [6.07, 6.45) is 3.86. The number of aromatic nitrogens is 2. The van der Waals surface area contributed by atoms with Gasteiger partial charge in [-0.15, -0.1) is 0 Å². The number of nitrogens with one attached hydrogen (secondary N) is 1. The predicted octanol–water partition coefficient (Wildman–Crippen LogP) is 4.14. The summed E-state index contributed by atoms with van der Waals surface area (Å²) in [5.41, 5.74) is -0.0212. The van der Waals surface area contributed by atoms with Gasteiger partial charge in [-0.25, -0.2) is 9.97 Å². The Morgan fingerprint density at radius 1 is 1.39 bits per heavy atom. The molecule has 1 aliphatic rings. The lowest BCUT2D eigenvalue weighted by Gasteiger charge is -2.18. The molecule has 0 aliphatic heterocycles. The molecule has 0 bridgehead atoms. The lowest BCUT2D eigenvalue weighted by atomic mass is 9.96. The third kappa shape index (κ3) is 3.44. The summed E-state index contributed by atoms with van der Waals surface area (Å²) in [6.45, 7) is 8.65. The maximum absolute atomic E-state index is 4.63. The Bertz CT molecular complexity index is 426. The molecule has 3 nitrogen and oxygen atoms in total. The number of nitrogens with zero attached hydrogens (tertiary/aromatic N) is 2. The van der Waals surface area contributed by atoms with Crippen molar-refractivity contribution in [3.8, 4) is 0 Å². The molecule has 2 rings (SSSR count). The van der Waals surface area contributed by atoms with Crippen LogP contribution in [0.15, 0.2) is 10.7 Å². The molecule has 1 aromatic rings. The quantitative estimate of drug-likeness (QED) is 0.849. The SMILES string of the molecule is CCCC1CC1Nc1cc(Br)nc(C(C)(C)C)n1. The fraction of sp³-hybridized carbons (Fsp3) is 0.714. The van der Waals surface area contributed by atoms with E-state index in [2.05, 4.69) is 58.9 Å². The summed E-state index contributed by atoms with van der Waals surface area (Å²) in [4.78, 5) is 9.08. The zero-order chi connectivity index (χ0) is 13.3. The minimum Gasteiger partial charge on any atom is -0.367 e. The maximum atomic E-state index is 4.63. The molecule has 0 radical (unpaired) electrons. The van der Waals surface area contributed by atoms with Gasteiger partial charge in [-0.3, -0.25) is 0 Å². The highest BCUT2D eigenvalue weighted by Crippen LogP contribution is 2.37. The van der Waals surface area contributed by atoms with Crippen LogP contribution in [0.2, 0.25) is 0 Å². The molecule has 1 fully saturated rings. The van der Waals surface area contributed by atoms with Crippen LogP contribution in [-0.2, 0) is 5.41 Å². The van der Waals surface area contributed by atoms with Crippen molar-refractivity contribution in [3.05, 3.63) is 16.5 Å². The van der Waals surface area contributed by atoms with Crippen molar-refractivity contribution in [1.29, 1.82) is 0 Å². The fourth-order valence-electron chi connectivity index (χ4n) is 2.13. The van der Waals surface area contributed by atoms with Crippen LogP contribution in [0.4, 0.5) is 5.82 Å². The Kier molecular flexibility index (Phi) is 3.95. The molecule has 0 saturated heterocycles. The molecule has 4 heteroatoms. The number of halogens is 1. The van der Waals surface area contributed by atoms with E-state index in [1.54, 1.807) is 0 Å². The van der Waals surface area contributed by atoms with Gasteiger partial charge in [0, 0.05) is 17.5 Å². The molecule has 1 aromatic heterocycles. The highest BCUT2D eigenvalue weighted by atomic mass is 79.9. The molecule has 1 heterocycles. The number of hydrogen-bond acceptors (Lipinski definition) is 3. The zero-order valence-electron chi connectivity index (χ0n) is 11.6. The molecule has 0 aromatic carbocycles. The highest BCUT2D eigenvalue weighted by Gasteiger charge is 2.36. The van der Waals surface area contributed by atoms with Crippen LogP contribution in [0.25, 0.3) is 0 Å². The molecule has 0 spiro atoms. The minimum absolute atomic E-state index is 0.0212. The molecule has 2 atom stereocenters. The Morgan fingerprint density at radius 3 is 2.72 bits per heavy atom. The average Bonchev–Trinajstić information content (AvgIpc) is 2.94. The smallest absolute Gasteiger partial charge is 0.137 e. The first kappa shape index (κ1) is 13.8. The Balaban J connectivity index is 2.08. The monoisotopic (exact) mass is 311 g/mol. The van der Waals surface area contributed by atoms with Crippen molar-refractivity contribution in [3.63, 3.8) is 0 Å². The van der Waals surface area contributed by atoms with Crippen molar-refractivity contribution >= 4 is 21.7 Å². The maximum Gasteiger partial charge on any atom is 0.137 e. The van der Waals surface area contributed by atoms with Gasteiger partial charge in [0.15, 0.2) is 0 Å². The molecule has 100 valence electrons. The molecule has 0 amide bonds. The highest BCUT2D eigenvalue weighted by molar-refractivity contribution is 9.10. The third-order valence-corrected chi connectivity index (χ3v) is 3.69. The van der Waals surface area contributed by atoms with Gasteiger partial charge in [0.25, 0.3) is 0 Å². The summed E-state index contributed by atoms with van der Waals surface area (Å²) in [6, 6.07) is 2.58. The van der Waals surface area contributed by atoms with Crippen LogP contribution in [0.3, 0.4) is 0 Å². The summed E-state index contributed by atoms with van der Waals surface area (Å²) in [5.74, 6) is 2.67. The summed E-state index contributed by atoms with van der Waals surface area (Å²) in [7, 11) is 0. The van der Waals surface area contributed by atoms with Crippen LogP contribution in [0, 0.1) is 5.92 Å². The lowest BCUT2D eigenvalue weighted by molar-refractivity contribution is 0.544. The van der Waals surface area contributed by atoms with Crippen molar-refractivity contribution in [2.24, 2.45) is 5.92 Å². The third-order valence-electron chi connectivity index (χ3n) is 3.28. The average molecular weight is 312 g/mol. The van der Waals surface area contributed by atoms with Gasteiger partial charge in [0.1, 0.15) is 16.2 Å². The van der Waals surface area contributed by atoms with Crippen molar-refractivity contribution in [1.82, 2.24) is 9.97 Å². The van der Waals surface area contributed by atoms with Gasteiger partial charge < -0.3 is 5.32 Å². The first-order valence-corrected chi connectivity index (χ1v) is 7.51. The van der Waals surface area contributed by atoms with E-state index in [1.807, 2.05) is 6.07 Å². The van der Waals surface area contributed by atoms with E-state index in [-0.39, 0.29) is 5.41 Å². The molecule has 1 N–H and O–H groups in total. The standard InChI is InChI=1S/C14H22BrN3/c1-5-6-9-7-10(9)16-12-8-11(15)17-13(18-12)14(2,3)4/h8-10H,5-7H2,1-4H3,(H,16,17,18). The van der Waals surface area contributed by atoms with E-state index in [4.69, 9.17) is 0 Å². The lowest BCUT2D eigenvalue weighted by Crippen LogP contribution is -2.18. The largest absolute Gasteiger partial charge is 0.367 e. The summed E-state index contributed by atoms with van der Waals surface area (Å²) >= 11 is 3.47. The van der Waals surface area contributed by atoms with Crippen LogP contribution in [0.1, 0.15) is 52.8 Å². The van der Waals surface area contributed by atoms with Gasteiger partial charge in [-0.05, 0) is 34.7 Å². The Morgan fingerprint density at radius 2 is 2.11 bits per heavy atom. The van der Waals surface area contributed by atoms with Crippen LogP contribution < -0.4 is 5.32 Å². The van der Waals surface area contributed by atoms with Crippen LogP contribution >= 0.6 is 15.9 Å². The molecule has 18 heavy (non-hydrogen) atoms. The first-order chi connectivity index (χ1) is 8.40. The van der Waals surface area contributed by atoms with E-state index in [0.29, 0.717) is 6.04 Å². The van der Waals surface area contributed by atoms with E-state index in [0.717, 1.165) is 22.2 Å². The minimum atomic E-state index is -0.0212. The van der Waals surface area contributed by atoms with Crippen LogP contribution in [-0.4, -0.2) is 16.0 Å². The van der Waals surface area contributed by atoms with E-state index in [1.165, 1.54) is 19.3 Å². The van der Waals surface area contributed by atoms with E-state index < -0.39 is 0 Å². The van der Waals surface area contributed by atoms with Gasteiger partial charge in [-0.1, -0.05) is 34.1 Å². The zero-order valence-corrected chi connectivity index (χ0v) is 13.2. The van der Waals surface area contributed by atoms with Crippen molar-refractivity contribution in [2.75, 3.05) is 5.32 Å². The molecule has 1 aliphatic carbocycles. The van der Waals surface area contributed by atoms with E-state index >= 15 is 0 Å². The summed E-state index contributed by atoms with van der Waals surface area (Å²) in [5, 5.41) is 3.52. The van der Waals surface area contributed by atoms with Gasteiger partial charge in [0.2, 0.25) is 0 Å². The Labute approximate surface area is 118 Å². The summed E-state index contributed by atoms with van der Waals surface area (Å²) < 4.78 is 0.859. The molecular weight excluding hydrogens is 290 g/mol. The van der Waals surface area contributed by atoms with Crippen molar-refractivity contribution in [2.45, 2.75) is 58.4 Å². The van der Waals surface area contributed by atoms with Crippen molar-refractivity contribution < 1.29 is 0 Å². The second-order valence-electron chi connectivity index (χ2n) is 6.18. The second kappa shape index (κ2) is 5.16. The number of rotatable bonds is 4. The normalized spacial score (nSPS) is 22.9. The van der Waals surface area contributed by atoms with Crippen LogP contribution in [0.5, 0.6) is 0 Å². The van der Waals surface area contributed by atoms with Gasteiger partial charge in [0.05, 0.1) is 0 Å². The second-order valence-corrected chi connectivity index (χ2v) is 7.00. The van der Waals surface area contributed by atoms with E-state index in [9.17, 15) is 0 Å². The fourth-order valence-corrected chi connectivity index (χ4v) is 2.52. The van der Waals surface area contributed by atoms with Gasteiger partial charge in [-0.2, -0.15) is 0 Å². The number of hydrogen-bond donors (Lipinski definition) is 1. The number of anilines is 1. The molecule has 1 saturated carbocycles. The first-order valence-electron chi connectivity index (χ1n) is 6.71. The Hall–Kier alpha value is -0.640. The predicted molar refractivity (Wildman–Crippen MR) is 78.9 cm³/mol.